The molecule has 0 saturated carbocycles. The van der Waals surface area contributed by atoms with E-state index < -0.39 is 0 Å². The molecule has 0 N–H and O–H groups in total. The number of rotatable bonds is 4. The molecule has 0 bridgehead atoms. The molecular formula is C12H15NO3. The van der Waals surface area contributed by atoms with Crippen LogP contribution in [0.1, 0.15) is 6.92 Å². The Hall–Kier alpha value is -1.71. The van der Waals surface area contributed by atoms with Crippen molar-refractivity contribution in [3.63, 3.8) is 0 Å². The lowest BCUT2D eigenvalue weighted by Crippen LogP contribution is -2.16. The van der Waals surface area contributed by atoms with E-state index in [1.54, 1.807) is 7.11 Å². The molecule has 0 radical (unpaired) electrons. The highest BCUT2D eigenvalue weighted by molar-refractivity contribution is 5.87. The molecule has 0 amide bonds. The van der Waals surface area contributed by atoms with E-state index in [1.807, 2.05) is 36.1 Å². The third-order valence-corrected chi connectivity index (χ3v) is 2.57. The van der Waals surface area contributed by atoms with Gasteiger partial charge < -0.3 is 14.4 Å². The van der Waals surface area contributed by atoms with E-state index in [-0.39, 0.29) is 12.0 Å². The molecule has 1 unspecified atom stereocenters. The Balaban J connectivity index is 2.08. The highest BCUT2D eigenvalue weighted by Gasteiger charge is 2.43. The molecular weight excluding hydrogens is 206 g/mol. The van der Waals surface area contributed by atoms with Crippen molar-refractivity contribution in [1.29, 1.82) is 0 Å². The lowest BCUT2D eigenvalue weighted by atomic mass is 10.3. The zero-order valence-corrected chi connectivity index (χ0v) is 9.47. The molecule has 1 aromatic carbocycles. The Morgan fingerprint density at radius 2 is 2.25 bits per heavy atom. The van der Waals surface area contributed by atoms with E-state index in [4.69, 9.17) is 9.47 Å². The van der Waals surface area contributed by atoms with Gasteiger partial charge in [-0.05, 0) is 19.1 Å². The summed E-state index contributed by atoms with van der Waals surface area (Å²) in [5.41, 5.74) is 0.947. The van der Waals surface area contributed by atoms with E-state index in [2.05, 4.69) is 0 Å². The van der Waals surface area contributed by atoms with Crippen LogP contribution in [0.25, 0.3) is 0 Å². The molecule has 1 aliphatic heterocycles. The van der Waals surface area contributed by atoms with Gasteiger partial charge in [0.1, 0.15) is 11.8 Å². The molecule has 4 nitrogen and oxygen atoms in total. The number of hydrogen-bond donors (Lipinski definition) is 0. The molecule has 0 aliphatic carbocycles. The lowest BCUT2D eigenvalue weighted by molar-refractivity contribution is -0.142. The summed E-state index contributed by atoms with van der Waals surface area (Å²) in [4.78, 5) is 13.5. The quantitative estimate of drug-likeness (QED) is 0.569. The average Bonchev–Trinajstić information content (AvgIpc) is 3.09. The monoisotopic (exact) mass is 221 g/mol. The molecule has 0 spiro atoms. The first-order valence-electron chi connectivity index (χ1n) is 5.34. The van der Waals surface area contributed by atoms with Crippen LogP contribution in [-0.2, 0) is 9.53 Å². The summed E-state index contributed by atoms with van der Waals surface area (Å²) in [5.74, 6) is 0.628. The minimum absolute atomic E-state index is 0.142. The van der Waals surface area contributed by atoms with Crippen molar-refractivity contribution < 1.29 is 14.3 Å². The molecule has 1 heterocycles. The highest BCUT2D eigenvalue weighted by atomic mass is 16.5. The zero-order chi connectivity index (χ0) is 11.5. The van der Waals surface area contributed by atoms with Crippen LogP contribution >= 0.6 is 0 Å². The van der Waals surface area contributed by atoms with E-state index >= 15 is 0 Å². The average molecular weight is 221 g/mol. The molecule has 1 aliphatic rings. The molecule has 1 saturated heterocycles. The fraction of sp³-hybridized carbons (Fsp3) is 0.417. The number of para-hydroxylation sites is 2. The summed E-state index contributed by atoms with van der Waals surface area (Å²) in [6, 6.07) is 7.52. The van der Waals surface area contributed by atoms with Crippen molar-refractivity contribution in [3.05, 3.63) is 24.3 Å². The minimum atomic E-state index is -0.159. The van der Waals surface area contributed by atoms with Crippen molar-refractivity contribution in [1.82, 2.24) is 0 Å². The predicted octanol–water partition coefficient (Wildman–Crippen LogP) is 1.45. The summed E-state index contributed by atoms with van der Waals surface area (Å²) >= 11 is 0. The first-order valence-corrected chi connectivity index (χ1v) is 5.34. The maximum Gasteiger partial charge on any atom is 0.330 e. The van der Waals surface area contributed by atoms with E-state index in [1.165, 1.54) is 0 Å². The van der Waals surface area contributed by atoms with Gasteiger partial charge in [0.25, 0.3) is 0 Å². The number of methoxy groups -OCH3 is 1. The summed E-state index contributed by atoms with van der Waals surface area (Å²) in [6.07, 6.45) is 0. The molecule has 1 atom stereocenters. The normalized spacial score (nSPS) is 18.1. The van der Waals surface area contributed by atoms with Gasteiger partial charge in [0.15, 0.2) is 0 Å². The van der Waals surface area contributed by atoms with Gasteiger partial charge in [0, 0.05) is 0 Å². The maximum atomic E-state index is 11.5. The van der Waals surface area contributed by atoms with Crippen LogP contribution in [0.15, 0.2) is 24.3 Å². The van der Waals surface area contributed by atoms with Gasteiger partial charge >= 0.3 is 5.97 Å². The molecule has 16 heavy (non-hydrogen) atoms. The number of esters is 1. The number of carbonyl (C=O) groups is 1. The number of carbonyl (C=O) groups excluding carboxylic acids is 1. The number of benzene rings is 1. The van der Waals surface area contributed by atoms with Gasteiger partial charge in [0.2, 0.25) is 0 Å². The van der Waals surface area contributed by atoms with Crippen LogP contribution in [0.4, 0.5) is 5.69 Å². The minimum Gasteiger partial charge on any atom is -0.495 e. The fourth-order valence-corrected chi connectivity index (χ4v) is 1.71. The third-order valence-electron chi connectivity index (χ3n) is 2.57. The molecule has 2 rings (SSSR count). The van der Waals surface area contributed by atoms with E-state index in [0.29, 0.717) is 13.2 Å². The number of anilines is 1. The van der Waals surface area contributed by atoms with Crippen molar-refractivity contribution in [3.8, 4) is 5.75 Å². The Morgan fingerprint density at radius 3 is 2.94 bits per heavy atom. The van der Waals surface area contributed by atoms with Crippen LogP contribution in [0.2, 0.25) is 0 Å². The van der Waals surface area contributed by atoms with Crippen LogP contribution < -0.4 is 9.64 Å². The van der Waals surface area contributed by atoms with Gasteiger partial charge in [-0.15, -0.1) is 0 Å². The second-order valence-corrected chi connectivity index (χ2v) is 3.59. The molecule has 0 aromatic heterocycles. The van der Waals surface area contributed by atoms with Crippen molar-refractivity contribution in [2.45, 2.75) is 13.0 Å². The molecule has 4 heteroatoms. The van der Waals surface area contributed by atoms with Crippen molar-refractivity contribution in [2.75, 3.05) is 25.2 Å². The largest absolute Gasteiger partial charge is 0.495 e. The van der Waals surface area contributed by atoms with Crippen LogP contribution in [0, 0.1) is 0 Å². The van der Waals surface area contributed by atoms with Crippen LogP contribution in [0.5, 0.6) is 5.75 Å². The standard InChI is InChI=1S/C12H15NO3/c1-3-16-12(14)10-8-13(10)9-6-4-5-7-11(9)15-2/h4-7,10H,3,8H2,1-2H3. The second kappa shape index (κ2) is 4.43. The molecule has 86 valence electrons. The Kier molecular flexibility index (Phi) is 2.99. The van der Waals surface area contributed by atoms with Crippen molar-refractivity contribution in [2.24, 2.45) is 0 Å². The topological polar surface area (TPSA) is 38.5 Å². The van der Waals surface area contributed by atoms with Gasteiger partial charge in [0.05, 0.1) is 25.9 Å². The lowest BCUT2D eigenvalue weighted by Gasteiger charge is -2.10. The maximum absolute atomic E-state index is 11.5. The number of ether oxygens (including phenoxy) is 2. The molecule has 1 fully saturated rings. The second-order valence-electron chi connectivity index (χ2n) is 3.59. The van der Waals surface area contributed by atoms with Crippen molar-refractivity contribution >= 4 is 11.7 Å². The smallest absolute Gasteiger partial charge is 0.330 e. The Morgan fingerprint density at radius 1 is 1.50 bits per heavy atom. The van der Waals surface area contributed by atoms with E-state index in [0.717, 1.165) is 11.4 Å². The number of nitrogens with zero attached hydrogens (tertiary/aromatic N) is 1. The van der Waals surface area contributed by atoms with E-state index in [9.17, 15) is 4.79 Å². The SMILES string of the molecule is CCOC(=O)C1CN1c1ccccc1OC. The van der Waals surface area contributed by atoms with Gasteiger partial charge in [-0.3, -0.25) is 0 Å². The van der Waals surface area contributed by atoms with Crippen LogP contribution in [0.3, 0.4) is 0 Å². The first-order chi connectivity index (χ1) is 7.77. The summed E-state index contributed by atoms with van der Waals surface area (Å²) in [5, 5.41) is 0. The Labute approximate surface area is 94.8 Å². The summed E-state index contributed by atoms with van der Waals surface area (Å²) < 4.78 is 10.2. The third kappa shape index (κ3) is 1.96. The zero-order valence-electron chi connectivity index (χ0n) is 9.47. The van der Waals surface area contributed by atoms with Gasteiger partial charge in [-0.25, -0.2) is 4.79 Å². The van der Waals surface area contributed by atoms with Gasteiger partial charge in [-0.2, -0.15) is 0 Å². The van der Waals surface area contributed by atoms with Crippen LogP contribution in [-0.4, -0.2) is 32.3 Å². The summed E-state index contributed by atoms with van der Waals surface area (Å²) in [7, 11) is 1.63. The summed E-state index contributed by atoms with van der Waals surface area (Å²) in [6.45, 7) is 2.95. The first kappa shape index (κ1) is 10.8. The van der Waals surface area contributed by atoms with Gasteiger partial charge in [-0.1, -0.05) is 12.1 Å². The predicted molar refractivity (Wildman–Crippen MR) is 60.8 cm³/mol. The Bertz CT molecular complexity index is 392. The fourth-order valence-electron chi connectivity index (χ4n) is 1.71. The number of hydrogen-bond acceptors (Lipinski definition) is 4. The highest BCUT2D eigenvalue weighted by Crippen LogP contribution is 2.35. The molecule has 1 aromatic rings.